The van der Waals surface area contributed by atoms with E-state index in [4.69, 9.17) is 0 Å². The van der Waals surface area contributed by atoms with Crippen LogP contribution in [0.25, 0.3) is 0 Å². The van der Waals surface area contributed by atoms with Crippen LogP contribution in [0.1, 0.15) is 32.3 Å². The van der Waals surface area contributed by atoms with Crippen LogP contribution in [-0.2, 0) is 10.2 Å². The van der Waals surface area contributed by atoms with Crippen molar-refractivity contribution < 1.29 is 9.18 Å². The monoisotopic (exact) mass is 300 g/mol. The molecule has 2 rings (SSSR count). The van der Waals surface area contributed by atoms with Gasteiger partial charge in [0, 0.05) is 18.2 Å². The molecule has 2 N–H and O–H groups in total. The lowest BCUT2D eigenvalue weighted by Crippen LogP contribution is -2.50. The van der Waals surface area contributed by atoms with E-state index in [0.29, 0.717) is 5.56 Å². The molecule has 5 heteroatoms. The number of piperidine rings is 1. The Kier molecular flexibility index (Phi) is 5.96. The van der Waals surface area contributed by atoms with Gasteiger partial charge in [0.1, 0.15) is 5.82 Å². The standard InChI is InChI=1S/C15H21FN2O.ClH/c1-15(2,12-7-3-4-8-13(12)16)14(19)18-11-6-5-9-17-10-11;/h3-4,7-8,11,17H,5-6,9-10H2,1-2H3,(H,18,19);1H/t11-;/m0./s1. The third-order valence-electron chi connectivity index (χ3n) is 3.75. The summed E-state index contributed by atoms with van der Waals surface area (Å²) in [5.74, 6) is -0.448. The van der Waals surface area contributed by atoms with Gasteiger partial charge >= 0.3 is 0 Å². The van der Waals surface area contributed by atoms with Crippen molar-refractivity contribution in [3.05, 3.63) is 35.6 Å². The minimum absolute atomic E-state index is 0. The zero-order valence-electron chi connectivity index (χ0n) is 11.9. The number of nitrogens with one attached hydrogen (secondary N) is 2. The van der Waals surface area contributed by atoms with Crippen LogP contribution in [0.5, 0.6) is 0 Å². The molecule has 1 aromatic rings. The average molecular weight is 301 g/mol. The number of hydrogen-bond acceptors (Lipinski definition) is 2. The molecule has 0 saturated carbocycles. The summed E-state index contributed by atoms with van der Waals surface area (Å²) < 4.78 is 13.8. The normalized spacial score (nSPS) is 19.1. The van der Waals surface area contributed by atoms with E-state index in [1.54, 1.807) is 32.0 Å². The second-order valence-electron chi connectivity index (χ2n) is 5.62. The molecule has 1 heterocycles. The molecule has 1 aliphatic rings. The van der Waals surface area contributed by atoms with Gasteiger partial charge in [0.25, 0.3) is 0 Å². The molecule has 0 bridgehead atoms. The first-order valence-corrected chi connectivity index (χ1v) is 6.78. The van der Waals surface area contributed by atoms with Crippen LogP contribution in [0, 0.1) is 5.82 Å². The number of halogens is 2. The molecule has 1 atom stereocenters. The number of amides is 1. The third-order valence-corrected chi connectivity index (χ3v) is 3.75. The Morgan fingerprint density at radius 2 is 2.10 bits per heavy atom. The van der Waals surface area contributed by atoms with Gasteiger partial charge in [-0.15, -0.1) is 12.4 Å². The van der Waals surface area contributed by atoms with Crippen molar-refractivity contribution in [3.63, 3.8) is 0 Å². The number of carbonyl (C=O) groups excluding carboxylic acids is 1. The summed E-state index contributed by atoms with van der Waals surface area (Å²) in [7, 11) is 0. The van der Waals surface area contributed by atoms with Crippen LogP contribution in [0.3, 0.4) is 0 Å². The fraction of sp³-hybridized carbons (Fsp3) is 0.533. The first kappa shape index (κ1) is 16.9. The van der Waals surface area contributed by atoms with Crippen molar-refractivity contribution >= 4 is 18.3 Å². The summed E-state index contributed by atoms with van der Waals surface area (Å²) in [6.07, 6.45) is 2.04. The van der Waals surface area contributed by atoms with Gasteiger partial charge in [0.15, 0.2) is 0 Å². The Balaban J connectivity index is 0.00000200. The summed E-state index contributed by atoms with van der Waals surface area (Å²) in [6, 6.07) is 6.61. The van der Waals surface area contributed by atoms with Gasteiger partial charge in [-0.2, -0.15) is 0 Å². The molecular weight excluding hydrogens is 279 g/mol. The minimum Gasteiger partial charge on any atom is -0.351 e. The van der Waals surface area contributed by atoms with E-state index in [9.17, 15) is 9.18 Å². The second-order valence-corrected chi connectivity index (χ2v) is 5.62. The van der Waals surface area contributed by atoms with Crippen LogP contribution in [0.2, 0.25) is 0 Å². The Morgan fingerprint density at radius 1 is 1.40 bits per heavy atom. The van der Waals surface area contributed by atoms with Gasteiger partial charge in [-0.05, 0) is 39.3 Å². The van der Waals surface area contributed by atoms with Crippen molar-refractivity contribution in [2.45, 2.75) is 38.1 Å². The molecule has 1 saturated heterocycles. The Hall–Kier alpha value is -1.13. The lowest BCUT2D eigenvalue weighted by molar-refractivity contribution is -0.126. The molecule has 1 amide bonds. The highest BCUT2D eigenvalue weighted by Crippen LogP contribution is 2.26. The van der Waals surface area contributed by atoms with Gasteiger partial charge in [0.2, 0.25) is 5.91 Å². The molecular formula is C15H22ClFN2O. The molecule has 0 aliphatic carbocycles. The van der Waals surface area contributed by atoms with Crippen molar-refractivity contribution in [1.82, 2.24) is 10.6 Å². The van der Waals surface area contributed by atoms with Gasteiger partial charge in [-0.1, -0.05) is 18.2 Å². The zero-order chi connectivity index (χ0) is 13.9. The molecule has 1 aromatic carbocycles. The lowest BCUT2D eigenvalue weighted by Gasteiger charge is -2.30. The van der Waals surface area contributed by atoms with Crippen LogP contribution >= 0.6 is 12.4 Å². The topological polar surface area (TPSA) is 41.1 Å². The Morgan fingerprint density at radius 3 is 2.70 bits per heavy atom. The number of benzene rings is 1. The molecule has 112 valence electrons. The first-order chi connectivity index (χ1) is 9.01. The maximum absolute atomic E-state index is 13.8. The highest BCUT2D eigenvalue weighted by molar-refractivity contribution is 5.87. The Labute approximate surface area is 125 Å². The van der Waals surface area contributed by atoms with Crippen molar-refractivity contribution in [1.29, 1.82) is 0 Å². The maximum atomic E-state index is 13.8. The van der Waals surface area contributed by atoms with Crippen LogP contribution in [0.4, 0.5) is 4.39 Å². The first-order valence-electron chi connectivity index (χ1n) is 6.78. The summed E-state index contributed by atoms with van der Waals surface area (Å²) >= 11 is 0. The SMILES string of the molecule is CC(C)(C(=O)N[C@H]1CCCNC1)c1ccccc1F.Cl. The summed E-state index contributed by atoms with van der Waals surface area (Å²) in [6.45, 7) is 5.32. The molecule has 1 aliphatic heterocycles. The molecule has 0 spiro atoms. The van der Waals surface area contributed by atoms with E-state index in [1.165, 1.54) is 6.07 Å². The van der Waals surface area contributed by atoms with Crippen molar-refractivity contribution in [3.8, 4) is 0 Å². The van der Waals surface area contributed by atoms with Gasteiger partial charge in [0.05, 0.1) is 5.41 Å². The zero-order valence-corrected chi connectivity index (χ0v) is 12.7. The van der Waals surface area contributed by atoms with Gasteiger partial charge < -0.3 is 10.6 Å². The highest BCUT2D eigenvalue weighted by atomic mass is 35.5. The predicted molar refractivity (Wildman–Crippen MR) is 80.7 cm³/mol. The number of hydrogen-bond donors (Lipinski definition) is 2. The molecule has 20 heavy (non-hydrogen) atoms. The predicted octanol–water partition coefficient (Wildman–Crippen LogP) is 2.39. The second kappa shape index (κ2) is 7.04. The molecule has 0 aromatic heterocycles. The van der Waals surface area contributed by atoms with Gasteiger partial charge in [-0.25, -0.2) is 4.39 Å². The largest absolute Gasteiger partial charge is 0.351 e. The maximum Gasteiger partial charge on any atom is 0.230 e. The number of rotatable bonds is 3. The van der Waals surface area contributed by atoms with E-state index in [2.05, 4.69) is 10.6 Å². The minimum atomic E-state index is -0.858. The van der Waals surface area contributed by atoms with E-state index in [1.807, 2.05) is 0 Å². The number of carbonyl (C=O) groups is 1. The van der Waals surface area contributed by atoms with Gasteiger partial charge in [-0.3, -0.25) is 4.79 Å². The summed E-state index contributed by atoms with van der Waals surface area (Å²) in [4.78, 5) is 12.4. The fourth-order valence-corrected chi connectivity index (χ4v) is 2.43. The van der Waals surface area contributed by atoms with E-state index < -0.39 is 5.41 Å². The quantitative estimate of drug-likeness (QED) is 0.900. The fourth-order valence-electron chi connectivity index (χ4n) is 2.43. The molecule has 3 nitrogen and oxygen atoms in total. The van der Waals surface area contributed by atoms with Crippen LogP contribution in [-0.4, -0.2) is 25.0 Å². The molecule has 0 radical (unpaired) electrons. The van der Waals surface area contributed by atoms with E-state index in [-0.39, 0.29) is 30.2 Å². The van der Waals surface area contributed by atoms with Crippen molar-refractivity contribution in [2.75, 3.05) is 13.1 Å². The summed E-state index contributed by atoms with van der Waals surface area (Å²) in [5.41, 5.74) is -0.417. The molecule has 1 fully saturated rings. The van der Waals surface area contributed by atoms with Crippen LogP contribution < -0.4 is 10.6 Å². The summed E-state index contributed by atoms with van der Waals surface area (Å²) in [5, 5.41) is 6.27. The Bertz CT molecular complexity index is 459. The van der Waals surface area contributed by atoms with Crippen molar-refractivity contribution in [2.24, 2.45) is 0 Å². The smallest absolute Gasteiger partial charge is 0.230 e. The van der Waals surface area contributed by atoms with E-state index >= 15 is 0 Å². The third kappa shape index (κ3) is 3.70. The van der Waals surface area contributed by atoms with E-state index in [0.717, 1.165) is 25.9 Å². The lowest BCUT2D eigenvalue weighted by atomic mass is 9.83. The average Bonchev–Trinajstić information content (AvgIpc) is 2.40. The highest BCUT2D eigenvalue weighted by Gasteiger charge is 2.33. The van der Waals surface area contributed by atoms with Crippen LogP contribution in [0.15, 0.2) is 24.3 Å². The molecule has 0 unspecified atom stereocenters.